The Hall–Kier alpha value is -2.00. The molecule has 20 heavy (non-hydrogen) atoms. The highest BCUT2D eigenvalue weighted by Gasteiger charge is 2.18. The second-order valence-corrected chi connectivity index (χ2v) is 4.81. The van der Waals surface area contributed by atoms with Gasteiger partial charge in [0.05, 0.1) is 19.8 Å². The fraction of sp³-hybridized carbons (Fsp3) is 0.294. The van der Waals surface area contributed by atoms with Gasteiger partial charge in [0.1, 0.15) is 11.5 Å². The maximum absolute atomic E-state index is 6.39. The van der Waals surface area contributed by atoms with Gasteiger partial charge in [0.15, 0.2) is 0 Å². The molecule has 0 amide bonds. The van der Waals surface area contributed by atoms with E-state index in [2.05, 4.69) is 19.1 Å². The number of benzene rings is 2. The molecule has 2 rings (SSSR count). The summed E-state index contributed by atoms with van der Waals surface area (Å²) >= 11 is 0. The molecule has 1 unspecified atom stereocenters. The highest BCUT2D eigenvalue weighted by molar-refractivity contribution is 5.47. The maximum atomic E-state index is 6.39. The first kappa shape index (κ1) is 14.4. The molecule has 2 N–H and O–H groups in total. The van der Waals surface area contributed by atoms with E-state index < -0.39 is 0 Å². The lowest BCUT2D eigenvalue weighted by Gasteiger charge is -2.19. The summed E-state index contributed by atoms with van der Waals surface area (Å²) in [6.07, 6.45) is 0.753. The van der Waals surface area contributed by atoms with Gasteiger partial charge in [-0.05, 0) is 36.6 Å². The molecule has 0 aromatic heterocycles. The molecule has 0 spiro atoms. The molecule has 0 heterocycles. The van der Waals surface area contributed by atoms with Crippen molar-refractivity contribution in [3.8, 4) is 11.5 Å². The zero-order valence-electron chi connectivity index (χ0n) is 12.2. The number of nitrogens with two attached hydrogens (primary N) is 1. The molecule has 0 aliphatic carbocycles. The summed E-state index contributed by atoms with van der Waals surface area (Å²) in [5.74, 6) is 1.54. The second-order valence-electron chi connectivity index (χ2n) is 4.81. The fourth-order valence-electron chi connectivity index (χ4n) is 2.42. The number of hydrogen-bond acceptors (Lipinski definition) is 3. The molecule has 0 radical (unpaired) electrons. The number of rotatable bonds is 5. The molecule has 0 bridgehead atoms. The normalized spacial score (nSPS) is 12.0. The van der Waals surface area contributed by atoms with Crippen LogP contribution in [0.15, 0.2) is 42.5 Å². The zero-order valence-corrected chi connectivity index (χ0v) is 12.2. The Kier molecular flexibility index (Phi) is 4.64. The first-order valence-electron chi connectivity index (χ1n) is 6.68. The highest BCUT2D eigenvalue weighted by atomic mass is 16.5. The van der Waals surface area contributed by atoms with Gasteiger partial charge in [-0.1, -0.05) is 30.3 Å². The van der Waals surface area contributed by atoms with E-state index >= 15 is 0 Å². The topological polar surface area (TPSA) is 44.5 Å². The van der Waals surface area contributed by atoms with E-state index in [1.54, 1.807) is 14.2 Å². The summed E-state index contributed by atoms with van der Waals surface area (Å²) in [6, 6.07) is 13.8. The molecular weight excluding hydrogens is 250 g/mol. The van der Waals surface area contributed by atoms with Crippen molar-refractivity contribution in [2.45, 2.75) is 19.4 Å². The zero-order chi connectivity index (χ0) is 14.5. The van der Waals surface area contributed by atoms with Gasteiger partial charge in [-0.25, -0.2) is 0 Å². The van der Waals surface area contributed by atoms with Crippen LogP contribution in [0.3, 0.4) is 0 Å². The van der Waals surface area contributed by atoms with Crippen molar-refractivity contribution in [1.29, 1.82) is 0 Å². The molecule has 106 valence electrons. The first-order chi connectivity index (χ1) is 9.67. The van der Waals surface area contributed by atoms with Crippen LogP contribution >= 0.6 is 0 Å². The number of hydrogen-bond donors (Lipinski definition) is 1. The van der Waals surface area contributed by atoms with Crippen LogP contribution in [0.25, 0.3) is 0 Å². The third kappa shape index (κ3) is 2.94. The van der Waals surface area contributed by atoms with Crippen molar-refractivity contribution in [2.75, 3.05) is 14.2 Å². The summed E-state index contributed by atoms with van der Waals surface area (Å²) in [5.41, 5.74) is 9.80. The fourth-order valence-corrected chi connectivity index (χ4v) is 2.42. The number of methoxy groups -OCH3 is 2. The number of aryl methyl sites for hydroxylation is 1. The van der Waals surface area contributed by atoms with Crippen LogP contribution in [0.5, 0.6) is 11.5 Å². The van der Waals surface area contributed by atoms with Gasteiger partial charge < -0.3 is 15.2 Å². The summed E-state index contributed by atoms with van der Waals surface area (Å²) < 4.78 is 10.8. The Morgan fingerprint density at radius 1 is 0.950 bits per heavy atom. The SMILES string of the molecule is COc1cccc(OC)c1C(N)Cc1ccccc1C. The Bertz CT molecular complexity index is 559. The largest absolute Gasteiger partial charge is 0.496 e. The van der Waals surface area contributed by atoms with Crippen LogP contribution < -0.4 is 15.2 Å². The average Bonchev–Trinajstić information content (AvgIpc) is 2.48. The predicted molar refractivity (Wildman–Crippen MR) is 81.4 cm³/mol. The Morgan fingerprint density at radius 2 is 1.55 bits per heavy atom. The molecular formula is C17H21NO2. The van der Waals surface area contributed by atoms with Gasteiger partial charge in [0, 0.05) is 6.04 Å². The standard InChI is InChI=1S/C17H21NO2/c1-12-7-4-5-8-13(12)11-14(18)17-15(19-2)9-6-10-16(17)20-3/h4-10,14H,11,18H2,1-3H3. The van der Waals surface area contributed by atoms with Crippen molar-refractivity contribution >= 4 is 0 Å². The van der Waals surface area contributed by atoms with Crippen molar-refractivity contribution < 1.29 is 9.47 Å². The summed E-state index contributed by atoms with van der Waals surface area (Å²) in [5, 5.41) is 0. The smallest absolute Gasteiger partial charge is 0.127 e. The molecule has 0 saturated heterocycles. The monoisotopic (exact) mass is 271 g/mol. The average molecular weight is 271 g/mol. The summed E-state index contributed by atoms with van der Waals surface area (Å²) in [4.78, 5) is 0. The van der Waals surface area contributed by atoms with Crippen LogP contribution in [0.1, 0.15) is 22.7 Å². The Morgan fingerprint density at radius 3 is 2.10 bits per heavy atom. The molecule has 0 fully saturated rings. The molecule has 0 aliphatic heterocycles. The lowest BCUT2D eigenvalue weighted by atomic mass is 9.95. The van der Waals surface area contributed by atoms with E-state index in [-0.39, 0.29) is 6.04 Å². The minimum atomic E-state index is -0.165. The van der Waals surface area contributed by atoms with E-state index in [0.717, 1.165) is 23.5 Å². The maximum Gasteiger partial charge on any atom is 0.127 e. The minimum absolute atomic E-state index is 0.165. The summed E-state index contributed by atoms with van der Waals surface area (Å²) in [7, 11) is 3.30. The summed E-state index contributed by atoms with van der Waals surface area (Å²) in [6.45, 7) is 2.10. The van der Waals surface area contributed by atoms with Gasteiger partial charge >= 0.3 is 0 Å². The predicted octanol–water partition coefficient (Wildman–Crippen LogP) is 3.25. The Labute approximate surface area is 120 Å². The lowest BCUT2D eigenvalue weighted by Crippen LogP contribution is -2.16. The molecule has 2 aromatic carbocycles. The molecule has 2 aromatic rings. The third-order valence-corrected chi connectivity index (χ3v) is 3.54. The molecule has 0 saturated carbocycles. The molecule has 0 aliphatic rings. The van der Waals surface area contributed by atoms with Gasteiger partial charge in [-0.15, -0.1) is 0 Å². The second kappa shape index (κ2) is 6.44. The van der Waals surface area contributed by atoms with E-state index in [1.807, 2.05) is 30.3 Å². The molecule has 1 atom stereocenters. The van der Waals surface area contributed by atoms with Crippen LogP contribution in [0, 0.1) is 6.92 Å². The molecule has 3 nitrogen and oxygen atoms in total. The van der Waals surface area contributed by atoms with Crippen molar-refractivity contribution in [3.63, 3.8) is 0 Å². The van der Waals surface area contributed by atoms with Crippen LogP contribution in [0.2, 0.25) is 0 Å². The van der Waals surface area contributed by atoms with Gasteiger partial charge in [-0.3, -0.25) is 0 Å². The Balaban J connectivity index is 2.34. The van der Waals surface area contributed by atoms with E-state index in [4.69, 9.17) is 15.2 Å². The van der Waals surface area contributed by atoms with Crippen LogP contribution in [0.4, 0.5) is 0 Å². The third-order valence-electron chi connectivity index (χ3n) is 3.54. The minimum Gasteiger partial charge on any atom is -0.496 e. The molecule has 3 heteroatoms. The van der Waals surface area contributed by atoms with Crippen LogP contribution in [-0.4, -0.2) is 14.2 Å². The van der Waals surface area contributed by atoms with Crippen molar-refractivity contribution in [3.05, 3.63) is 59.2 Å². The number of ether oxygens (including phenoxy) is 2. The van der Waals surface area contributed by atoms with Crippen LogP contribution in [-0.2, 0) is 6.42 Å². The lowest BCUT2D eigenvalue weighted by molar-refractivity contribution is 0.379. The van der Waals surface area contributed by atoms with E-state index in [1.165, 1.54) is 11.1 Å². The van der Waals surface area contributed by atoms with Gasteiger partial charge in [-0.2, -0.15) is 0 Å². The quantitative estimate of drug-likeness (QED) is 0.908. The van der Waals surface area contributed by atoms with Crippen molar-refractivity contribution in [1.82, 2.24) is 0 Å². The van der Waals surface area contributed by atoms with Gasteiger partial charge in [0.2, 0.25) is 0 Å². The van der Waals surface area contributed by atoms with E-state index in [9.17, 15) is 0 Å². The van der Waals surface area contributed by atoms with Gasteiger partial charge in [0.25, 0.3) is 0 Å². The van der Waals surface area contributed by atoms with Crippen molar-refractivity contribution in [2.24, 2.45) is 5.73 Å². The first-order valence-corrected chi connectivity index (χ1v) is 6.68. The van der Waals surface area contributed by atoms with E-state index in [0.29, 0.717) is 0 Å². The highest BCUT2D eigenvalue weighted by Crippen LogP contribution is 2.34.